The standard InChI is InChI=1S/C7H8IN3O2/c8-5-3-7(13)11(10-4-5)2-1-6(9)12/h3-4H,1-2H2,(H2,9,12). The molecule has 0 fully saturated rings. The van der Waals surface area contributed by atoms with Gasteiger partial charge in [-0.1, -0.05) is 0 Å². The Bertz CT molecular complexity index is 374. The Morgan fingerprint density at radius 2 is 2.38 bits per heavy atom. The van der Waals surface area contributed by atoms with E-state index >= 15 is 0 Å². The summed E-state index contributed by atoms with van der Waals surface area (Å²) in [5.74, 6) is -0.438. The fourth-order valence-corrected chi connectivity index (χ4v) is 1.19. The van der Waals surface area contributed by atoms with Crippen molar-refractivity contribution in [1.82, 2.24) is 9.78 Å². The Morgan fingerprint density at radius 3 is 2.92 bits per heavy atom. The molecule has 2 N–H and O–H groups in total. The predicted molar refractivity (Wildman–Crippen MR) is 55.0 cm³/mol. The van der Waals surface area contributed by atoms with E-state index in [0.717, 1.165) is 3.57 Å². The Kier molecular flexibility index (Phi) is 3.40. The van der Waals surface area contributed by atoms with Crippen LogP contribution in [-0.2, 0) is 11.3 Å². The first kappa shape index (κ1) is 10.2. The van der Waals surface area contributed by atoms with Crippen LogP contribution in [-0.4, -0.2) is 15.7 Å². The molecule has 0 aliphatic carbocycles. The highest BCUT2D eigenvalue weighted by Crippen LogP contribution is 1.95. The van der Waals surface area contributed by atoms with Crippen molar-refractivity contribution in [2.75, 3.05) is 0 Å². The number of nitrogens with two attached hydrogens (primary N) is 1. The van der Waals surface area contributed by atoms with E-state index in [-0.39, 0.29) is 18.5 Å². The molecule has 1 heterocycles. The lowest BCUT2D eigenvalue weighted by Gasteiger charge is -2.00. The minimum atomic E-state index is -0.438. The van der Waals surface area contributed by atoms with E-state index in [4.69, 9.17) is 5.73 Å². The fourth-order valence-electron chi connectivity index (χ4n) is 0.796. The van der Waals surface area contributed by atoms with Crippen molar-refractivity contribution in [2.24, 2.45) is 5.73 Å². The SMILES string of the molecule is NC(=O)CCn1ncc(I)cc1=O. The van der Waals surface area contributed by atoms with Crippen molar-refractivity contribution in [1.29, 1.82) is 0 Å². The molecule has 0 atom stereocenters. The molecule has 13 heavy (non-hydrogen) atoms. The van der Waals surface area contributed by atoms with Gasteiger partial charge in [0.2, 0.25) is 5.91 Å². The summed E-state index contributed by atoms with van der Waals surface area (Å²) in [4.78, 5) is 21.6. The van der Waals surface area contributed by atoms with Gasteiger partial charge in [-0.2, -0.15) is 5.10 Å². The average molecular weight is 293 g/mol. The van der Waals surface area contributed by atoms with Gasteiger partial charge in [-0.15, -0.1) is 0 Å². The molecule has 5 nitrogen and oxygen atoms in total. The molecule has 0 spiro atoms. The molecule has 0 aromatic carbocycles. The predicted octanol–water partition coefficient (Wildman–Crippen LogP) is -0.277. The van der Waals surface area contributed by atoms with E-state index in [9.17, 15) is 9.59 Å². The Morgan fingerprint density at radius 1 is 1.69 bits per heavy atom. The maximum absolute atomic E-state index is 11.2. The number of hydrogen-bond donors (Lipinski definition) is 1. The molecule has 0 bridgehead atoms. The molecule has 1 aromatic heterocycles. The normalized spacial score (nSPS) is 9.92. The van der Waals surface area contributed by atoms with E-state index in [1.165, 1.54) is 10.7 Å². The van der Waals surface area contributed by atoms with E-state index < -0.39 is 5.91 Å². The number of hydrogen-bond acceptors (Lipinski definition) is 3. The summed E-state index contributed by atoms with van der Waals surface area (Å²) in [6.45, 7) is 0.241. The van der Waals surface area contributed by atoms with Crippen LogP contribution in [0.3, 0.4) is 0 Å². The molecule has 0 saturated carbocycles. The second kappa shape index (κ2) is 4.35. The Balaban J connectivity index is 2.78. The number of amides is 1. The number of rotatable bonds is 3. The van der Waals surface area contributed by atoms with Crippen LogP contribution in [0, 0.1) is 3.57 Å². The zero-order chi connectivity index (χ0) is 9.84. The Hall–Kier alpha value is -0.920. The van der Waals surface area contributed by atoms with Crippen molar-refractivity contribution in [3.8, 4) is 0 Å². The van der Waals surface area contributed by atoms with Crippen LogP contribution < -0.4 is 11.3 Å². The number of carbonyl (C=O) groups excluding carboxylic acids is 1. The van der Waals surface area contributed by atoms with Gasteiger partial charge in [0.15, 0.2) is 0 Å². The summed E-state index contributed by atoms with van der Waals surface area (Å²) < 4.78 is 1.99. The molecular weight excluding hydrogens is 285 g/mol. The van der Waals surface area contributed by atoms with Gasteiger partial charge < -0.3 is 5.73 Å². The van der Waals surface area contributed by atoms with Crippen LogP contribution in [0.4, 0.5) is 0 Å². The van der Waals surface area contributed by atoms with Gasteiger partial charge >= 0.3 is 0 Å². The highest BCUT2D eigenvalue weighted by molar-refractivity contribution is 14.1. The van der Waals surface area contributed by atoms with Crippen LogP contribution in [0.1, 0.15) is 6.42 Å². The molecule has 0 aliphatic heterocycles. The first-order valence-corrected chi connectivity index (χ1v) is 4.68. The molecule has 0 aliphatic rings. The molecule has 1 rings (SSSR count). The van der Waals surface area contributed by atoms with Gasteiger partial charge in [-0.05, 0) is 22.6 Å². The van der Waals surface area contributed by atoms with Crippen molar-refractivity contribution in [2.45, 2.75) is 13.0 Å². The smallest absolute Gasteiger partial charge is 0.267 e. The monoisotopic (exact) mass is 293 g/mol. The second-order valence-corrected chi connectivity index (χ2v) is 3.70. The van der Waals surface area contributed by atoms with Gasteiger partial charge in [0, 0.05) is 16.1 Å². The third-order valence-electron chi connectivity index (χ3n) is 1.41. The molecular formula is C7H8IN3O2. The van der Waals surface area contributed by atoms with Crippen molar-refractivity contribution in [3.05, 3.63) is 26.2 Å². The quantitative estimate of drug-likeness (QED) is 0.779. The van der Waals surface area contributed by atoms with Gasteiger partial charge in [-0.25, -0.2) is 4.68 Å². The number of primary amides is 1. The number of carbonyl (C=O) groups is 1. The van der Waals surface area contributed by atoms with E-state index in [1.54, 1.807) is 6.20 Å². The highest BCUT2D eigenvalue weighted by Gasteiger charge is 2.00. The maximum atomic E-state index is 11.2. The summed E-state index contributed by atoms with van der Waals surface area (Å²) in [6, 6.07) is 1.45. The number of aryl methyl sites for hydroxylation is 1. The third-order valence-corrected chi connectivity index (χ3v) is 2.00. The topological polar surface area (TPSA) is 78.0 Å². The summed E-state index contributed by atoms with van der Waals surface area (Å²) in [7, 11) is 0. The average Bonchev–Trinajstić information content (AvgIpc) is 2.02. The van der Waals surface area contributed by atoms with Crippen LogP contribution in [0.2, 0.25) is 0 Å². The van der Waals surface area contributed by atoms with Crippen LogP contribution in [0.25, 0.3) is 0 Å². The lowest BCUT2D eigenvalue weighted by Crippen LogP contribution is -2.25. The van der Waals surface area contributed by atoms with E-state index in [0.29, 0.717) is 0 Å². The number of halogens is 1. The van der Waals surface area contributed by atoms with Crippen LogP contribution >= 0.6 is 22.6 Å². The molecule has 1 amide bonds. The minimum Gasteiger partial charge on any atom is -0.370 e. The fraction of sp³-hybridized carbons (Fsp3) is 0.286. The van der Waals surface area contributed by atoms with Gasteiger partial charge in [-0.3, -0.25) is 9.59 Å². The van der Waals surface area contributed by atoms with Crippen molar-refractivity contribution in [3.63, 3.8) is 0 Å². The molecule has 70 valence electrons. The van der Waals surface area contributed by atoms with E-state index in [1.807, 2.05) is 22.6 Å². The zero-order valence-corrected chi connectivity index (χ0v) is 8.89. The number of nitrogens with zero attached hydrogens (tertiary/aromatic N) is 2. The highest BCUT2D eigenvalue weighted by atomic mass is 127. The summed E-state index contributed by atoms with van der Waals surface area (Å²) in [5, 5.41) is 3.84. The van der Waals surface area contributed by atoms with Crippen molar-refractivity contribution >= 4 is 28.5 Å². The third kappa shape index (κ3) is 3.13. The lowest BCUT2D eigenvalue weighted by atomic mass is 10.4. The first-order valence-electron chi connectivity index (χ1n) is 3.60. The molecule has 0 radical (unpaired) electrons. The first-order chi connectivity index (χ1) is 6.09. The minimum absolute atomic E-state index is 0.132. The molecule has 0 saturated heterocycles. The number of aromatic nitrogens is 2. The van der Waals surface area contributed by atoms with E-state index in [2.05, 4.69) is 5.10 Å². The van der Waals surface area contributed by atoms with Gasteiger partial charge in [0.1, 0.15) is 0 Å². The summed E-state index contributed by atoms with van der Waals surface area (Å²) in [5.41, 5.74) is 4.72. The van der Waals surface area contributed by atoms with Gasteiger partial charge in [0.05, 0.1) is 12.7 Å². The molecule has 1 aromatic rings. The van der Waals surface area contributed by atoms with Crippen LogP contribution in [0.5, 0.6) is 0 Å². The summed E-state index contributed by atoms with van der Waals surface area (Å²) in [6.07, 6.45) is 1.69. The largest absolute Gasteiger partial charge is 0.370 e. The second-order valence-electron chi connectivity index (χ2n) is 2.45. The molecule has 6 heteroatoms. The Labute approximate surface area is 88.1 Å². The molecule has 0 unspecified atom stereocenters. The van der Waals surface area contributed by atoms with Crippen molar-refractivity contribution < 1.29 is 4.79 Å². The maximum Gasteiger partial charge on any atom is 0.267 e. The van der Waals surface area contributed by atoms with Crippen LogP contribution in [0.15, 0.2) is 17.1 Å². The zero-order valence-electron chi connectivity index (χ0n) is 6.74. The van der Waals surface area contributed by atoms with Gasteiger partial charge in [0.25, 0.3) is 5.56 Å². The lowest BCUT2D eigenvalue weighted by molar-refractivity contribution is -0.118. The summed E-state index contributed by atoms with van der Waals surface area (Å²) >= 11 is 2.00.